The van der Waals surface area contributed by atoms with Gasteiger partial charge in [0, 0.05) is 30.6 Å². The van der Waals surface area contributed by atoms with Crippen LogP contribution in [0.25, 0.3) is 11.1 Å². The summed E-state index contributed by atoms with van der Waals surface area (Å²) < 4.78 is 29.5. The molecule has 3 atom stereocenters. The van der Waals surface area contributed by atoms with Gasteiger partial charge in [0.25, 0.3) is 0 Å². The van der Waals surface area contributed by atoms with Crippen molar-refractivity contribution in [3.63, 3.8) is 0 Å². The predicted molar refractivity (Wildman–Crippen MR) is 152 cm³/mol. The molecule has 40 heavy (non-hydrogen) atoms. The fraction of sp³-hybridized carbons (Fsp3) is 0.333. The summed E-state index contributed by atoms with van der Waals surface area (Å²) in [5, 5.41) is 20.6. The highest BCUT2D eigenvalue weighted by Gasteiger charge is 2.67. The summed E-state index contributed by atoms with van der Waals surface area (Å²) in [4.78, 5) is 26.3. The fourth-order valence-corrected chi connectivity index (χ4v) is 7.66. The third-order valence-corrected chi connectivity index (χ3v) is 10.3. The van der Waals surface area contributed by atoms with Crippen LogP contribution in [0.4, 0.5) is 0 Å². The first kappa shape index (κ1) is 28.3. The molecule has 0 amide bonds. The van der Waals surface area contributed by atoms with E-state index >= 15 is 0 Å². The van der Waals surface area contributed by atoms with E-state index in [4.69, 9.17) is 11.6 Å². The Hall–Kier alpha value is -3.24. The number of nitrogens with zero attached hydrogens (tertiary/aromatic N) is 2. The number of piperidine rings is 1. The van der Waals surface area contributed by atoms with Gasteiger partial charge in [0.15, 0.2) is 0 Å². The van der Waals surface area contributed by atoms with Crippen LogP contribution in [0.1, 0.15) is 30.7 Å². The van der Waals surface area contributed by atoms with Crippen LogP contribution in [0.5, 0.6) is 0 Å². The molecule has 10 heteroatoms. The standard InChI is InChI=1S/C30H31ClN2O6S/c31-25-12-8-21(9-13-25)22-10-14-26(15-11-22)40(38,39)33(18-17-32-16-4-7-24(20-32)28(34)35)30(29(36)37)19-27(30)23-5-2-1-3-6-23/h1-3,5-6,8-15,24,27H,4,7,16-20H2,(H,34,35)(H,36,37)/t24-,27-,30+/m0/s1. The number of halogens is 1. The minimum atomic E-state index is -4.23. The van der Waals surface area contributed by atoms with E-state index in [0.29, 0.717) is 31.0 Å². The topological polar surface area (TPSA) is 115 Å². The van der Waals surface area contributed by atoms with Gasteiger partial charge in [-0.2, -0.15) is 4.31 Å². The van der Waals surface area contributed by atoms with Crippen LogP contribution in [0.2, 0.25) is 5.02 Å². The molecule has 1 saturated heterocycles. The van der Waals surface area contributed by atoms with Gasteiger partial charge in [-0.3, -0.25) is 9.59 Å². The van der Waals surface area contributed by atoms with Gasteiger partial charge in [0.1, 0.15) is 5.54 Å². The average molecular weight is 583 g/mol. The molecule has 0 bridgehead atoms. The number of carboxylic acids is 2. The van der Waals surface area contributed by atoms with E-state index in [1.54, 1.807) is 24.3 Å². The lowest BCUT2D eigenvalue weighted by Gasteiger charge is -2.34. The summed E-state index contributed by atoms with van der Waals surface area (Å²) in [6.45, 7) is 1.11. The van der Waals surface area contributed by atoms with Gasteiger partial charge >= 0.3 is 11.9 Å². The molecule has 5 rings (SSSR count). The van der Waals surface area contributed by atoms with Gasteiger partial charge in [-0.15, -0.1) is 0 Å². The molecule has 3 aromatic rings. The Morgan fingerprint density at radius 1 is 0.950 bits per heavy atom. The second-order valence-corrected chi connectivity index (χ2v) is 12.8. The third kappa shape index (κ3) is 5.51. The fourth-order valence-electron chi connectivity index (χ4n) is 5.77. The van der Waals surface area contributed by atoms with E-state index in [9.17, 15) is 28.2 Å². The lowest BCUT2D eigenvalue weighted by molar-refractivity contribution is -0.143. The molecule has 2 aliphatic rings. The summed E-state index contributed by atoms with van der Waals surface area (Å²) in [6, 6.07) is 22.7. The molecule has 8 nitrogen and oxygen atoms in total. The van der Waals surface area contributed by atoms with Gasteiger partial charge in [-0.25, -0.2) is 8.42 Å². The van der Waals surface area contributed by atoms with Crippen molar-refractivity contribution in [1.82, 2.24) is 9.21 Å². The van der Waals surface area contributed by atoms with Crippen LogP contribution < -0.4 is 0 Å². The van der Waals surface area contributed by atoms with Gasteiger partial charge < -0.3 is 15.1 Å². The van der Waals surface area contributed by atoms with Crippen molar-refractivity contribution >= 4 is 33.6 Å². The zero-order valence-corrected chi connectivity index (χ0v) is 23.4. The molecule has 1 aliphatic carbocycles. The van der Waals surface area contributed by atoms with Crippen LogP contribution in [-0.4, -0.2) is 71.5 Å². The van der Waals surface area contributed by atoms with Crippen LogP contribution in [0, 0.1) is 5.92 Å². The first-order chi connectivity index (χ1) is 19.1. The van der Waals surface area contributed by atoms with Crippen LogP contribution in [0.3, 0.4) is 0 Å². The van der Waals surface area contributed by atoms with Crippen molar-refractivity contribution in [3.8, 4) is 11.1 Å². The number of likely N-dealkylation sites (tertiary alicyclic amines) is 1. The molecular formula is C30H31ClN2O6S. The number of hydrogen-bond donors (Lipinski definition) is 2. The summed E-state index contributed by atoms with van der Waals surface area (Å²) in [7, 11) is -4.23. The van der Waals surface area contributed by atoms with Gasteiger partial charge in [-0.05, 0) is 66.8 Å². The van der Waals surface area contributed by atoms with E-state index in [1.807, 2.05) is 47.4 Å². The van der Waals surface area contributed by atoms with E-state index < -0.39 is 39.3 Å². The minimum Gasteiger partial charge on any atom is -0.481 e. The summed E-state index contributed by atoms with van der Waals surface area (Å²) in [5.74, 6) is -3.08. The molecule has 2 N–H and O–H groups in total. The molecule has 1 saturated carbocycles. The normalized spacial score (nSPS) is 23.1. The Balaban J connectivity index is 1.47. The van der Waals surface area contributed by atoms with Crippen molar-refractivity contribution in [2.45, 2.75) is 35.6 Å². The second-order valence-electron chi connectivity index (χ2n) is 10.5. The summed E-state index contributed by atoms with van der Waals surface area (Å²) in [6.07, 6.45) is 1.42. The van der Waals surface area contributed by atoms with E-state index in [2.05, 4.69) is 0 Å². The van der Waals surface area contributed by atoms with Crippen LogP contribution in [0.15, 0.2) is 83.8 Å². The number of aliphatic carboxylic acids is 2. The highest BCUT2D eigenvalue weighted by atomic mass is 35.5. The maximum atomic E-state index is 14.2. The van der Waals surface area contributed by atoms with Crippen LogP contribution in [-0.2, 0) is 19.6 Å². The summed E-state index contributed by atoms with van der Waals surface area (Å²) >= 11 is 5.99. The zero-order valence-electron chi connectivity index (χ0n) is 21.8. The van der Waals surface area contributed by atoms with Gasteiger partial charge in [0.05, 0.1) is 10.8 Å². The number of hydrogen-bond acceptors (Lipinski definition) is 5. The van der Waals surface area contributed by atoms with Gasteiger partial charge in [-0.1, -0.05) is 66.2 Å². The maximum absolute atomic E-state index is 14.2. The monoisotopic (exact) mass is 582 g/mol. The van der Waals surface area contributed by atoms with Gasteiger partial charge in [0.2, 0.25) is 10.0 Å². The highest BCUT2D eigenvalue weighted by molar-refractivity contribution is 7.89. The molecule has 0 radical (unpaired) electrons. The molecular weight excluding hydrogens is 552 g/mol. The Bertz CT molecular complexity index is 1480. The minimum absolute atomic E-state index is 0.00612. The lowest BCUT2D eigenvalue weighted by atomic mass is 9.98. The lowest BCUT2D eigenvalue weighted by Crippen LogP contribution is -2.52. The van der Waals surface area contributed by atoms with E-state index in [1.165, 1.54) is 12.1 Å². The molecule has 0 spiro atoms. The molecule has 3 aromatic carbocycles. The van der Waals surface area contributed by atoms with Crippen molar-refractivity contribution in [1.29, 1.82) is 0 Å². The molecule has 0 aromatic heterocycles. The Labute approximate surface area is 238 Å². The molecule has 2 fully saturated rings. The van der Waals surface area contributed by atoms with Crippen molar-refractivity contribution in [3.05, 3.63) is 89.4 Å². The smallest absolute Gasteiger partial charge is 0.325 e. The van der Waals surface area contributed by atoms with Crippen molar-refractivity contribution < 1.29 is 28.2 Å². The number of benzene rings is 3. The maximum Gasteiger partial charge on any atom is 0.325 e. The van der Waals surface area contributed by atoms with Crippen molar-refractivity contribution in [2.24, 2.45) is 5.92 Å². The first-order valence-electron chi connectivity index (χ1n) is 13.3. The van der Waals surface area contributed by atoms with Crippen LogP contribution >= 0.6 is 11.6 Å². The molecule has 210 valence electrons. The van der Waals surface area contributed by atoms with E-state index in [0.717, 1.165) is 21.0 Å². The molecule has 1 aliphatic heterocycles. The average Bonchev–Trinajstić information content (AvgIpc) is 3.71. The largest absolute Gasteiger partial charge is 0.481 e. The number of carbonyl (C=O) groups is 2. The highest BCUT2D eigenvalue weighted by Crippen LogP contribution is 2.57. The number of sulfonamides is 1. The Morgan fingerprint density at radius 2 is 1.57 bits per heavy atom. The third-order valence-electron chi connectivity index (χ3n) is 8.04. The zero-order chi connectivity index (χ0) is 28.5. The SMILES string of the molecule is O=C(O)[C@H]1CCCN(CCN([C@]2(C(=O)O)C[C@H]2c2ccccc2)S(=O)(=O)c2ccc(-c3ccc(Cl)cc3)cc2)C1. The summed E-state index contributed by atoms with van der Waals surface area (Å²) in [5.41, 5.74) is 0.817. The van der Waals surface area contributed by atoms with E-state index in [-0.39, 0.29) is 24.4 Å². The second kappa shape index (κ2) is 11.3. The number of carboxylic acid groups (broad SMARTS) is 2. The Morgan fingerprint density at radius 3 is 2.17 bits per heavy atom. The van der Waals surface area contributed by atoms with Crippen molar-refractivity contribution in [2.75, 3.05) is 26.2 Å². The number of rotatable bonds is 10. The molecule has 1 heterocycles. The quantitative estimate of drug-likeness (QED) is 0.353. The Kier molecular flexibility index (Phi) is 8.01. The molecule has 0 unspecified atom stereocenters. The first-order valence-corrected chi connectivity index (χ1v) is 15.1. The predicted octanol–water partition coefficient (Wildman–Crippen LogP) is 4.81.